The van der Waals surface area contributed by atoms with Crippen LogP contribution < -0.4 is 10.6 Å². The van der Waals surface area contributed by atoms with Crippen molar-refractivity contribution in [1.29, 1.82) is 0 Å². The summed E-state index contributed by atoms with van der Waals surface area (Å²) < 4.78 is 0. The third-order valence-corrected chi connectivity index (χ3v) is 4.07. The van der Waals surface area contributed by atoms with Gasteiger partial charge in [0.15, 0.2) is 0 Å². The van der Waals surface area contributed by atoms with Crippen LogP contribution in [-0.2, 0) is 4.79 Å². The van der Waals surface area contributed by atoms with Crippen LogP contribution >= 0.6 is 0 Å². The van der Waals surface area contributed by atoms with Gasteiger partial charge in [0.25, 0.3) is 5.91 Å². The number of benzene rings is 3. The van der Waals surface area contributed by atoms with Crippen LogP contribution in [0.3, 0.4) is 0 Å². The van der Waals surface area contributed by atoms with E-state index in [1.54, 1.807) is 36.4 Å². The monoisotopic (exact) mass is 356 g/mol. The standard InChI is InChI=1S/C23H20N2O2/c1-2-16-24-23(27)20-12-5-6-13-21(20)25-22(26)15-14-18-10-7-9-17-8-3-4-11-19(17)18/h2-15H,1,16H2,(H,24,27)(H,25,26)/b15-14-. The number of carbonyl (C=O) groups is 2. The molecule has 3 aromatic carbocycles. The summed E-state index contributed by atoms with van der Waals surface area (Å²) in [6.07, 6.45) is 4.85. The number of para-hydroxylation sites is 1. The van der Waals surface area contributed by atoms with E-state index in [1.807, 2.05) is 42.5 Å². The molecule has 0 bridgehead atoms. The van der Waals surface area contributed by atoms with Gasteiger partial charge in [0.1, 0.15) is 0 Å². The van der Waals surface area contributed by atoms with Gasteiger partial charge in [-0.15, -0.1) is 6.58 Å². The molecule has 0 saturated carbocycles. The number of amides is 2. The minimum absolute atomic E-state index is 0.260. The second-order valence-electron chi connectivity index (χ2n) is 5.94. The van der Waals surface area contributed by atoms with Gasteiger partial charge in [-0.1, -0.05) is 60.7 Å². The van der Waals surface area contributed by atoms with Crippen LogP contribution in [0.1, 0.15) is 15.9 Å². The summed E-state index contributed by atoms with van der Waals surface area (Å²) in [4.78, 5) is 24.6. The Morgan fingerprint density at radius 1 is 0.926 bits per heavy atom. The van der Waals surface area contributed by atoms with Crippen LogP contribution in [0.25, 0.3) is 16.8 Å². The molecule has 0 aliphatic heterocycles. The van der Waals surface area contributed by atoms with Gasteiger partial charge in [-0.2, -0.15) is 0 Å². The van der Waals surface area contributed by atoms with Gasteiger partial charge in [-0.3, -0.25) is 9.59 Å². The van der Waals surface area contributed by atoms with E-state index in [4.69, 9.17) is 0 Å². The molecule has 0 saturated heterocycles. The van der Waals surface area contributed by atoms with Crippen LogP contribution in [0, 0.1) is 0 Å². The average molecular weight is 356 g/mol. The van der Waals surface area contributed by atoms with Crippen molar-refractivity contribution in [1.82, 2.24) is 5.32 Å². The Morgan fingerprint density at radius 3 is 2.52 bits per heavy atom. The number of hydrogen-bond acceptors (Lipinski definition) is 2. The topological polar surface area (TPSA) is 58.2 Å². The zero-order chi connectivity index (χ0) is 19.1. The number of hydrogen-bond donors (Lipinski definition) is 2. The highest BCUT2D eigenvalue weighted by molar-refractivity contribution is 6.08. The predicted octanol–water partition coefficient (Wildman–Crippen LogP) is 4.41. The van der Waals surface area contributed by atoms with E-state index >= 15 is 0 Å². The number of rotatable bonds is 6. The molecule has 4 nitrogen and oxygen atoms in total. The third kappa shape index (κ3) is 4.50. The van der Waals surface area contributed by atoms with Crippen LogP contribution in [0.4, 0.5) is 5.69 Å². The van der Waals surface area contributed by atoms with Crippen LogP contribution in [-0.4, -0.2) is 18.4 Å². The van der Waals surface area contributed by atoms with Crippen molar-refractivity contribution >= 4 is 34.4 Å². The maximum Gasteiger partial charge on any atom is 0.253 e. The highest BCUT2D eigenvalue weighted by atomic mass is 16.2. The number of nitrogens with one attached hydrogen (secondary N) is 2. The molecule has 0 heterocycles. The Kier molecular flexibility index (Phi) is 5.80. The molecule has 27 heavy (non-hydrogen) atoms. The van der Waals surface area contributed by atoms with E-state index in [-0.39, 0.29) is 11.8 Å². The first-order valence-corrected chi connectivity index (χ1v) is 8.64. The summed E-state index contributed by atoms with van der Waals surface area (Å²) in [5.74, 6) is -0.560. The van der Waals surface area contributed by atoms with Crippen molar-refractivity contribution < 1.29 is 9.59 Å². The highest BCUT2D eigenvalue weighted by Gasteiger charge is 2.11. The maximum atomic E-state index is 12.4. The molecule has 0 unspecified atom stereocenters. The molecular weight excluding hydrogens is 336 g/mol. The van der Waals surface area contributed by atoms with E-state index in [9.17, 15) is 9.59 Å². The van der Waals surface area contributed by atoms with Crippen LogP contribution in [0.2, 0.25) is 0 Å². The molecule has 0 atom stereocenters. The Morgan fingerprint density at radius 2 is 1.67 bits per heavy atom. The third-order valence-electron chi connectivity index (χ3n) is 4.07. The van der Waals surface area contributed by atoms with Crippen molar-refractivity contribution in [2.45, 2.75) is 0 Å². The maximum absolute atomic E-state index is 12.4. The van der Waals surface area contributed by atoms with Crippen LogP contribution in [0.15, 0.2) is 85.5 Å². The van der Waals surface area contributed by atoms with Gasteiger partial charge in [-0.05, 0) is 34.5 Å². The summed E-state index contributed by atoms with van der Waals surface area (Å²) in [5.41, 5.74) is 1.83. The first-order valence-electron chi connectivity index (χ1n) is 8.64. The lowest BCUT2D eigenvalue weighted by Gasteiger charge is -2.09. The van der Waals surface area contributed by atoms with Gasteiger partial charge >= 0.3 is 0 Å². The fraction of sp³-hybridized carbons (Fsp3) is 0.0435. The molecule has 0 aromatic heterocycles. The normalized spacial score (nSPS) is 10.7. The minimum atomic E-state index is -0.299. The largest absolute Gasteiger partial charge is 0.349 e. The quantitative estimate of drug-likeness (QED) is 0.508. The Hall–Kier alpha value is -3.66. The fourth-order valence-corrected chi connectivity index (χ4v) is 2.79. The molecule has 3 aromatic rings. The lowest BCUT2D eigenvalue weighted by Crippen LogP contribution is -2.24. The van der Waals surface area contributed by atoms with E-state index in [0.717, 1.165) is 16.3 Å². The predicted molar refractivity (Wildman–Crippen MR) is 111 cm³/mol. The molecule has 134 valence electrons. The lowest BCUT2D eigenvalue weighted by atomic mass is 10.0. The van der Waals surface area contributed by atoms with E-state index in [0.29, 0.717) is 17.8 Å². The number of anilines is 1. The molecule has 0 aliphatic rings. The zero-order valence-electron chi connectivity index (χ0n) is 14.8. The molecule has 0 aliphatic carbocycles. The van der Waals surface area contributed by atoms with Crippen molar-refractivity contribution in [3.8, 4) is 0 Å². The van der Waals surface area contributed by atoms with Gasteiger partial charge in [0.05, 0.1) is 11.3 Å². The Labute approximate surface area is 158 Å². The zero-order valence-corrected chi connectivity index (χ0v) is 14.8. The van der Waals surface area contributed by atoms with Gasteiger partial charge in [0, 0.05) is 12.6 Å². The molecule has 2 amide bonds. The molecule has 0 radical (unpaired) electrons. The Balaban J connectivity index is 1.77. The first kappa shape index (κ1) is 18.1. The Bertz CT molecular complexity index is 1020. The molecule has 0 spiro atoms. The van der Waals surface area contributed by atoms with E-state index in [1.165, 1.54) is 6.08 Å². The second-order valence-corrected chi connectivity index (χ2v) is 5.94. The number of fused-ring (bicyclic) bond motifs is 1. The summed E-state index contributed by atoms with van der Waals surface area (Å²) in [6, 6.07) is 20.9. The smallest absolute Gasteiger partial charge is 0.253 e. The van der Waals surface area contributed by atoms with Crippen molar-refractivity contribution in [2.75, 3.05) is 11.9 Å². The minimum Gasteiger partial charge on any atom is -0.349 e. The molecule has 2 N–H and O–H groups in total. The second kappa shape index (κ2) is 8.63. The van der Waals surface area contributed by atoms with Gasteiger partial charge in [-0.25, -0.2) is 0 Å². The fourth-order valence-electron chi connectivity index (χ4n) is 2.79. The molecular formula is C23H20N2O2. The van der Waals surface area contributed by atoms with Gasteiger partial charge in [0.2, 0.25) is 5.91 Å². The van der Waals surface area contributed by atoms with Crippen molar-refractivity contribution in [3.05, 3.63) is 96.6 Å². The summed E-state index contributed by atoms with van der Waals surface area (Å²) in [5, 5.41) is 7.68. The summed E-state index contributed by atoms with van der Waals surface area (Å²) in [7, 11) is 0. The van der Waals surface area contributed by atoms with Crippen molar-refractivity contribution in [3.63, 3.8) is 0 Å². The molecule has 0 fully saturated rings. The van der Waals surface area contributed by atoms with Crippen LogP contribution in [0.5, 0.6) is 0 Å². The highest BCUT2D eigenvalue weighted by Crippen LogP contribution is 2.20. The summed E-state index contributed by atoms with van der Waals surface area (Å²) in [6.45, 7) is 3.94. The molecule has 3 rings (SSSR count). The lowest BCUT2D eigenvalue weighted by molar-refractivity contribution is -0.111. The van der Waals surface area contributed by atoms with Gasteiger partial charge < -0.3 is 10.6 Å². The van der Waals surface area contributed by atoms with E-state index in [2.05, 4.69) is 17.2 Å². The number of carbonyl (C=O) groups excluding carboxylic acids is 2. The van der Waals surface area contributed by atoms with E-state index < -0.39 is 0 Å². The molecule has 4 heteroatoms. The summed E-state index contributed by atoms with van der Waals surface area (Å²) >= 11 is 0. The average Bonchev–Trinajstić information content (AvgIpc) is 2.71. The SMILES string of the molecule is C=CCNC(=O)c1ccccc1NC(=O)/C=C\c1cccc2ccccc12. The van der Waals surface area contributed by atoms with Crippen molar-refractivity contribution in [2.24, 2.45) is 0 Å². The first-order chi connectivity index (χ1) is 13.2.